The summed E-state index contributed by atoms with van der Waals surface area (Å²) in [6.45, 7) is 6.78. The van der Waals surface area contributed by atoms with Crippen LogP contribution in [0.5, 0.6) is 11.5 Å². The Morgan fingerprint density at radius 3 is 2.26 bits per heavy atom. The topological polar surface area (TPSA) is 29.5 Å². The third-order valence-corrected chi connectivity index (χ3v) is 3.03. The Bertz CT molecular complexity index is 539. The highest BCUT2D eigenvalue weighted by Crippen LogP contribution is 2.38. The summed E-state index contributed by atoms with van der Waals surface area (Å²) in [6, 6.07) is 15.5. The van der Waals surface area contributed by atoms with Gasteiger partial charge in [0.15, 0.2) is 11.5 Å². The molecule has 0 spiro atoms. The van der Waals surface area contributed by atoms with Crippen LogP contribution in [0.3, 0.4) is 0 Å². The minimum Gasteiger partial charge on any atom is -0.504 e. The number of hydrogen-bond acceptors (Lipinski definition) is 2. The molecule has 0 heterocycles. The van der Waals surface area contributed by atoms with Gasteiger partial charge in [-0.1, -0.05) is 63.2 Å². The molecule has 0 amide bonds. The van der Waals surface area contributed by atoms with Crippen LogP contribution in [-0.2, 0) is 12.0 Å². The monoisotopic (exact) mass is 256 g/mol. The molecule has 0 unspecified atom stereocenters. The molecule has 0 aliphatic heterocycles. The average Bonchev–Trinajstić information content (AvgIpc) is 2.37. The lowest BCUT2D eigenvalue weighted by molar-refractivity contribution is 0.280. The minimum atomic E-state index is -0.0647. The Morgan fingerprint density at radius 2 is 1.63 bits per heavy atom. The van der Waals surface area contributed by atoms with E-state index in [2.05, 4.69) is 20.8 Å². The molecule has 0 bridgehead atoms. The van der Waals surface area contributed by atoms with E-state index in [0.717, 1.165) is 11.1 Å². The van der Waals surface area contributed by atoms with Crippen LogP contribution in [0.4, 0.5) is 0 Å². The molecule has 0 aliphatic carbocycles. The van der Waals surface area contributed by atoms with E-state index in [1.54, 1.807) is 6.07 Å². The molecule has 2 nitrogen and oxygen atoms in total. The van der Waals surface area contributed by atoms with E-state index >= 15 is 0 Å². The first-order valence-electron chi connectivity index (χ1n) is 6.47. The molecule has 0 atom stereocenters. The van der Waals surface area contributed by atoms with Gasteiger partial charge in [-0.05, 0) is 17.0 Å². The Morgan fingerprint density at radius 1 is 0.947 bits per heavy atom. The second kappa shape index (κ2) is 5.35. The van der Waals surface area contributed by atoms with E-state index in [4.69, 9.17) is 4.74 Å². The van der Waals surface area contributed by atoms with Gasteiger partial charge in [-0.15, -0.1) is 0 Å². The second-order valence-corrected chi connectivity index (χ2v) is 5.68. The normalized spacial score (nSPS) is 11.3. The van der Waals surface area contributed by atoms with Crippen LogP contribution in [0.1, 0.15) is 31.9 Å². The van der Waals surface area contributed by atoms with Gasteiger partial charge < -0.3 is 9.84 Å². The molecule has 0 aromatic heterocycles. The zero-order valence-corrected chi connectivity index (χ0v) is 11.7. The van der Waals surface area contributed by atoms with Gasteiger partial charge in [-0.3, -0.25) is 0 Å². The van der Waals surface area contributed by atoms with Crippen LogP contribution in [0.2, 0.25) is 0 Å². The summed E-state index contributed by atoms with van der Waals surface area (Å²) < 4.78 is 5.83. The highest BCUT2D eigenvalue weighted by molar-refractivity contribution is 5.48. The molecular weight excluding hydrogens is 236 g/mol. The van der Waals surface area contributed by atoms with Gasteiger partial charge in [0.2, 0.25) is 0 Å². The number of ether oxygens (including phenoxy) is 1. The lowest BCUT2D eigenvalue weighted by Crippen LogP contribution is -2.13. The lowest BCUT2D eigenvalue weighted by Gasteiger charge is -2.23. The van der Waals surface area contributed by atoms with Crippen molar-refractivity contribution >= 4 is 0 Å². The molecule has 2 aromatic carbocycles. The smallest absolute Gasteiger partial charge is 0.165 e. The van der Waals surface area contributed by atoms with Gasteiger partial charge >= 0.3 is 0 Å². The van der Waals surface area contributed by atoms with Crippen molar-refractivity contribution in [3.63, 3.8) is 0 Å². The Labute approximate surface area is 114 Å². The first-order valence-corrected chi connectivity index (χ1v) is 6.47. The number of aromatic hydroxyl groups is 1. The molecule has 0 fully saturated rings. The first-order chi connectivity index (χ1) is 8.98. The fraction of sp³-hybridized carbons (Fsp3) is 0.294. The molecule has 2 rings (SSSR count). The van der Waals surface area contributed by atoms with Gasteiger partial charge in [-0.2, -0.15) is 0 Å². The Kier molecular flexibility index (Phi) is 3.79. The number of phenols is 1. The summed E-state index contributed by atoms with van der Waals surface area (Å²) in [5.74, 6) is 0.780. The van der Waals surface area contributed by atoms with Gasteiger partial charge in [0.05, 0.1) is 0 Å². The van der Waals surface area contributed by atoms with Crippen LogP contribution in [0.25, 0.3) is 0 Å². The maximum absolute atomic E-state index is 10.0. The fourth-order valence-electron chi connectivity index (χ4n) is 2.00. The van der Waals surface area contributed by atoms with Crippen molar-refractivity contribution in [3.8, 4) is 11.5 Å². The van der Waals surface area contributed by atoms with Crippen molar-refractivity contribution < 1.29 is 9.84 Å². The van der Waals surface area contributed by atoms with Crippen LogP contribution >= 0.6 is 0 Å². The molecule has 1 N–H and O–H groups in total. The molecule has 0 saturated heterocycles. The largest absolute Gasteiger partial charge is 0.504 e. The number of rotatable bonds is 3. The van der Waals surface area contributed by atoms with Gasteiger partial charge in [0.1, 0.15) is 6.61 Å². The number of phenolic OH excluding ortho intramolecular Hbond substituents is 1. The highest BCUT2D eigenvalue weighted by Gasteiger charge is 2.21. The van der Waals surface area contributed by atoms with E-state index in [1.807, 2.05) is 42.5 Å². The second-order valence-electron chi connectivity index (χ2n) is 5.68. The van der Waals surface area contributed by atoms with Crippen LogP contribution in [0.15, 0.2) is 48.5 Å². The van der Waals surface area contributed by atoms with Crippen molar-refractivity contribution in [1.29, 1.82) is 0 Å². The SMILES string of the molecule is CC(C)(C)c1cccc(O)c1OCc1ccccc1. The fourth-order valence-corrected chi connectivity index (χ4v) is 2.00. The number of hydrogen-bond donors (Lipinski definition) is 1. The van der Waals surface area contributed by atoms with Crippen LogP contribution < -0.4 is 4.74 Å². The minimum absolute atomic E-state index is 0.0647. The van der Waals surface area contributed by atoms with E-state index in [-0.39, 0.29) is 11.2 Å². The molecule has 0 aliphatic rings. The van der Waals surface area contributed by atoms with Gasteiger partial charge in [0, 0.05) is 5.56 Å². The van der Waals surface area contributed by atoms with Gasteiger partial charge in [-0.25, -0.2) is 0 Å². The van der Waals surface area contributed by atoms with E-state index < -0.39 is 0 Å². The molecule has 2 aromatic rings. The van der Waals surface area contributed by atoms with Gasteiger partial charge in [0.25, 0.3) is 0 Å². The predicted molar refractivity (Wildman–Crippen MR) is 77.6 cm³/mol. The molecule has 2 heteroatoms. The number of para-hydroxylation sites is 1. The van der Waals surface area contributed by atoms with E-state index in [0.29, 0.717) is 12.4 Å². The summed E-state index contributed by atoms with van der Waals surface area (Å²) in [6.07, 6.45) is 0. The van der Waals surface area contributed by atoms with Crippen LogP contribution in [-0.4, -0.2) is 5.11 Å². The summed E-state index contributed by atoms with van der Waals surface area (Å²) in [7, 11) is 0. The quantitative estimate of drug-likeness (QED) is 0.888. The van der Waals surface area contributed by atoms with E-state index in [9.17, 15) is 5.11 Å². The molecule has 100 valence electrons. The molecule has 0 radical (unpaired) electrons. The lowest BCUT2D eigenvalue weighted by atomic mass is 9.86. The summed E-state index contributed by atoms with van der Waals surface area (Å²) in [5, 5.41) is 10.0. The van der Waals surface area contributed by atoms with Crippen molar-refractivity contribution in [1.82, 2.24) is 0 Å². The third-order valence-electron chi connectivity index (χ3n) is 3.03. The van der Waals surface area contributed by atoms with Crippen molar-refractivity contribution in [2.75, 3.05) is 0 Å². The summed E-state index contributed by atoms with van der Waals surface area (Å²) in [4.78, 5) is 0. The zero-order chi connectivity index (χ0) is 13.9. The van der Waals surface area contributed by atoms with E-state index in [1.165, 1.54) is 0 Å². The Hall–Kier alpha value is -1.96. The maximum atomic E-state index is 10.0. The third kappa shape index (κ3) is 3.28. The molecular formula is C17H20O2. The Balaban J connectivity index is 2.25. The van der Waals surface area contributed by atoms with Crippen molar-refractivity contribution in [3.05, 3.63) is 59.7 Å². The standard InChI is InChI=1S/C17H20O2/c1-17(2,3)14-10-7-11-15(18)16(14)19-12-13-8-5-4-6-9-13/h4-11,18H,12H2,1-3H3. The van der Waals surface area contributed by atoms with Crippen LogP contribution in [0, 0.1) is 0 Å². The highest BCUT2D eigenvalue weighted by atomic mass is 16.5. The number of benzene rings is 2. The maximum Gasteiger partial charge on any atom is 0.165 e. The average molecular weight is 256 g/mol. The molecule has 19 heavy (non-hydrogen) atoms. The summed E-state index contributed by atoms with van der Waals surface area (Å²) in [5.41, 5.74) is 2.04. The first kappa shape index (κ1) is 13.5. The van der Waals surface area contributed by atoms with Crippen molar-refractivity contribution in [2.24, 2.45) is 0 Å². The van der Waals surface area contributed by atoms with Crippen molar-refractivity contribution in [2.45, 2.75) is 32.8 Å². The summed E-state index contributed by atoms with van der Waals surface area (Å²) >= 11 is 0. The zero-order valence-electron chi connectivity index (χ0n) is 11.7. The molecule has 0 saturated carbocycles. The predicted octanol–water partition coefficient (Wildman–Crippen LogP) is 4.27.